The van der Waals surface area contributed by atoms with Crippen molar-refractivity contribution in [1.82, 2.24) is 15.5 Å². The van der Waals surface area contributed by atoms with Crippen LogP contribution in [0, 0.1) is 0 Å². The first kappa shape index (κ1) is 19.1. The van der Waals surface area contributed by atoms with Gasteiger partial charge >= 0.3 is 6.03 Å². The fraction of sp³-hybridized carbons (Fsp3) is 0.368. The first-order valence-corrected chi connectivity index (χ1v) is 9.27. The molecule has 27 heavy (non-hydrogen) atoms. The lowest BCUT2D eigenvalue weighted by atomic mass is 10.2. The molecular weight excluding hydrogens is 368 g/mol. The standard InChI is InChI=1S/C19H23ClN4O3/c1-14(18(25)21-13-17-6-3-11-27-17)22-19(26)24-9-7-23(8-10-24)16-5-2-4-15(20)12-16/h2-6,11-12,14H,7-10,13H2,1H3,(H,21,25)(H,22,26)/t14-/m0/s1. The minimum absolute atomic E-state index is 0.235. The molecule has 0 unspecified atom stereocenters. The molecule has 1 aliphatic heterocycles. The molecule has 144 valence electrons. The van der Waals surface area contributed by atoms with E-state index in [1.165, 1.54) is 0 Å². The van der Waals surface area contributed by atoms with Gasteiger partial charge in [-0.3, -0.25) is 4.79 Å². The van der Waals surface area contributed by atoms with E-state index >= 15 is 0 Å². The monoisotopic (exact) mass is 390 g/mol. The van der Waals surface area contributed by atoms with Crippen LogP contribution in [0.3, 0.4) is 0 Å². The van der Waals surface area contributed by atoms with E-state index in [9.17, 15) is 9.59 Å². The van der Waals surface area contributed by atoms with Crippen LogP contribution < -0.4 is 15.5 Å². The third-order valence-corrected chi connectivity index (χ3v) is 4.73. The van der Waals surface area contributed by atoms with Crippen molar-refractivity contribution in [2.45, 2.75) is 19.5 Å². The van der Waals surface area contributed by atoms with Gasteiger partial charge in [0.25, 0.3) is 0 Å². The highest BCUT2D eigenvalue weighted by Crippen LogP contribution is 2.20. The summed E-state index contributed by atoms with van der Waals surface area (Å²) in [4.78, 5) is 28.4. The van der Waals surface area contributed by atoms with Crippen LogP contribution in [0.5, 0.6) is 0 Å². The fourth-order valence-corrected chi connectivity index (χ4v) is 3.11. The van der Waals surface area contributed by atoms with Gasteiger partial charge in [0.1, 0.15) is 11.8 Å². The van der Waals surface area contributed by atoms with E-state index in [4.69, 9.17) is 16.0 Å². The van der Waals surface area contributed by atoms with Crippen LogP contribution in [-0.4, -0.2) is 49.1 Å². The minimum Gasteiger partial charge on any atom is -0.467 e. The van der Waals surface area contributed by atoms with Crippen molar-refractivity contribution in [2.24, 2.45) is 0 Å². The summed E-state index contributed by atoms with van der Waals surface area (Å²) in [5.74, 6) is 0.413. The van der Waals surface area contributed by atoms with Crippen LogP contribution in [0.15, 0.2) is 47.1 Å². The van der Waals surface area contributed by atoms with Crippen molar-refractivity contribution in [3.8, 4) is 0 Å². The van der Waals surface area contributed by atoms with Gasteiger partial charge in [0.15, 0.2) is 0 Å². The van der Waals surface area contributed by atoms with E-state index in [0.717, 1.165) is 5.69 Å². The van der Waals surface area contributed by atoms with Crippen LogP contribution in [0.25, 0.3) is 0 Å². The van der Waals surface area contributed by atoms with Gasteiger partial charge in [-0.15, -0.1) is 0 Å². The average Bonchev–Trinajstić information content (AvgIpc) is 3.19. The number of carbonyl (C=O) groups excluding carboxylic acids is 2. The van der Waals surface area contributed by atoms with Gasteiger partial charge in [-0.2, -0.15) is 0 Å². The topological polar surface area (TPSA) is 77.8 Å². The average molecular weight is 391 g/mol. The Morgan fingerprint density at radius 2 is 1.96 bits per heavy atom. The van der Waals surface area contributed by atoms with Crippen molar-refractivity contribution < 1.29 is 14.0 Å². The van der Waals surface area contributed by atoms with E-state index in [2.05, 4.69) is 15.5 Å². The van der Waals surface area contributed by atoms with Gasteiger partial charge < -0.3 is 24.9 Å². The molecule has 1 aliphatic rings. The van der Waals surface area contributed by atoms with Crippen LogP contribution >= 0.6 is 11.6 Å². The number of nitrogens with one attached hydrogen (secondary N) is 2. The highest BCUT2D eigenvalue weighted by atomic mass is 35.5. The molecule has 7 nitrogen and oxygen atoms in total. The molecule has 3 amide bonds. The number of carbonyl (C=O) groups is 2. The summed E-state index contributed by atoms with van der Waals surface area (Å²) in [7, 11) is 0. The Morgan fingerprint density at radius 1 is 1.19 bits per heavy atom. The Labute approximate surface area is 163 Å². The van der Waals surface area contributed by atoms with Gasteiger partial charge in [0.2, 0.25) is 5.91 Å². The molecule has 2 heterocycles. The number of hydrogen-bond acceptors (Lipinski definition) is 4. The molecule has 1 aromatic carbocycles. The second-order valence-electron chi connectivity index (χ2n) is 6.42. The predicted octanol–water partition coefficient (Wildman–Crippen LogP) is 2.47. The van der Waals surface area contributed by atoms with E-state index in [1.807, 2.05) is 24.3 Å². The Balaban J connectivity index is 1.44. The van der Waals surface area contributed by atoms with Gasteiger partial charge in [-0.1, -0.05) is 17.7 Å². The van der Waals surface area contributed by atoms with Crippen LogP contribution in [0.1, 0.15) is 12.7 Å². The van der Waals surface area contributed by atoms with Crippen molar-refractivity contribution in [3.05, 3.63) is 53.4 Å². The SMILES string of the molecule is C[C@H](NC(=O)N1CCN(c2cccc(Cl)c2)CC1)C(=O)NCc1ccco1. The summed E-state index contributed by atoms with van der Waals surface area (Å²) in [6.45, 7) is 4.56. The summed E-state index contributed by atoms with van der Waals surface area (Å²) < 4.78 is 5.17. The Kier molecular flexibility index (Phi) is 6.24. The number of furan rings is 1. The third-order valence-electron chi connectivity index (χ3n) is 4.49. The lowest BCUT2D eigenvalue weighted by molar-refractivity contribution is -0.122. The number of nitrogens with zero attached hydrogens (tertiary/aromatic N) is 2. The molecule has 2 aromatic rings. The maximum absolute atomic E-state index is 12.4. The number of anilines is 1. The quantitative estimate of drug-likeness (QED) is 0.822. The maximum atomic E-state index is 12.4. The molecule has 0 spiro atoms. The molecule has 1 fully saturated rings. The molecule has 0 radical (unpaired) electrons. The van der Waals surface area contributed by atoms with Gasteiger partial charge in [-0.25, -0.2) is 4.79 Å². The van der Waals surface area contributed by atoms with Gasteiger partial charge in [0.05, 0.1) is 12.8 Å². The summed E-state index contributed by atoms with van der Waals surface area (Å²) in [5, 5.41) is 6.18. The molecule has 0 bridgehead atoms. The summed E-state index contributed by atoms with van der Waals surface area (Å²) >= 11 is 6.04. The second-order valence-corrected chi connectivity index (χ2v) is 6.86. The van der Waals surface area contributed by atoms with Crippen molar-refractivity contribution in [3.63, 3.8) is 0 Å². The fourth-order valence-electron chi connectivity index (χ4n) is 2.92. The molecular formula is C19H23ClN4O3. The number of rotatable bonds is 5. The first-order chi connectivity index (χ1) is 13.0. The second kappa shape index (κ2) is 8.81. The normalized spacial score (nSPS) is 15.3. The van der Waals surface area contributed by atoms with Gasteiger partial charge in [-0.05, 0) is 37.3 Å². The Morgan fingerprint density at radius 3 is 2.63 bits per heavy atom. The van der Waals surface area contributed by atoms with E-state index in [0.29, 0.717) is 43.5 Å². The van der Waals surface area contributed by atoms with E-state index < -0.39 is 6.04 Å². The zero-order chi connectivity index (χ0) is 19.2. The molecule has 1 atom stereocenters. The van der Waals surface area contributed by atoms with Crippen LogP contribution in [0.2, 0.25) is 5.02 Å². The summed E-state index contributed by atoms with van der Waals surface area (Å²) in [6, 6.07) is 10.4. The highest BCUT2D eigenvalue weighted by Gasteiger charge is 2.24. The number of amides is 3. The maximum Gasteiger partial charge on any atom is 0.318 e. The molecule has 0 aliphatic carbocycles. The van der Waals surface area contributed by atoms with Crippen molar-refractivity contribution >= 4 is 29.2 Å². The molecule has 0 saturated carbocycles. The minimum atomic E-state index is -0.626. The smallest absolute Gasteiger partial charge is 0.318 e. The van der Waals surface area contributed by atoms with Crippen molar-refractivity contribution in [1.29, 1.82) is 0 Å². The lowest BCUT2D eigenvalue weighted by Gasteiger charge is -2.36. The zero-order valence-electron chi connectivity index (χ0n) is 15.2. The predicted molar refractivity (Wildman–Crippen MR) is 104 cm³/mol. The summed E-state index contributed by atoms with van der Waals surface area (Å²) in [5.41, 5.74) is 1.05. The highest BCUT2D eigenvalue weighted by molar-refractivity contribution is 6.30. The van der Waals surface area contributed by atoms with Crippen LogP contribution in [-0.2, 0) is 11.3 Å². The van der Waals surface area contributed by atoms with Crippen molar-refractivity contribution in [2.75, 3.05) is 31.1 Å². The largest absolute Gasteiger partial charge is 0.467 e. The zero-order valence-corrected chi connectivity index (χ0v) is 15.9. The van der Waals surface area contributed by atoms with E-state index in [1.54, 1.807) is 30.2 Å². The lowest BCUT2D eigenvalue weighted by Crippen LogP contribution is -2.55. The third kappa shape index (κ3) is 5.17. The first-order valence-electron chi connectivity index (χ1n) is 8.89. The number of urea groups is 1. The van der Waals surface area contributed by atoms with Gasteiger partial charge in [0, 0.05) is 36.9 Å². The number of halogens is 1. The Hall–Kier alpha value is -2.67. The van der Waals surface area contributed by atoms with E-state index in [-0.39, 0.29) is 11.9 Å². The molecule has 3 rings (SSSR count). The molecule has 1 aromatic heterocycles. The number of hydrogen-bond donors (Lipinski definition) is 2. The Bertz CT molecular complexity index is 773. The molecule has 2 N–H and O–H groups in total. The molecule has 1 saturated heterocycles. The molecule has 8 heteroatoms. The number of piperazine rings is 1. The number of benzene rings is 1. The van der Waals surface area contributed by atoms with Crippen LogP contribution in [0.4, 0.5) is 10.5 Å². The summed E-state index contributed by atoms with van der Waals surface area (Å²) in [6.07, 6.45) is 1.55.